The molecule has 1 aromatic carbocycles. The van der Waals surface area contributed by atoms with Crippen molar-refractivity contribution in [1.82, 2.24) is 4.90 Å². The molecule has 1 aliphatic heterocycles. The van der Waals surface area contributed by atoms with Crippen LogP contribution in [0.3, 0.4) is 0 Å². The van der Waals surface area contributed by atoms with Crippen LogP contribution in [0.25, 0.3) is 0 Å². The van der Waals surface area contributed by atoms with Gasteiger partial charge in [0.1, 0.15) is 5.41 Å². The van der Waals surface area contributed by atoms with E-state index in [0.717, 1.165) is 11.1 Å². The van der Waals surface area contributed by atoms with Gasteiger partial charge in [0, 0.05) is 13.1 Å². The lowest BCUT2D eigenvalue weighted by Gasteiger charge is -2.46. The maximum Gasteiger partial charge on any atom is 0.409 e. The number of amides is 1. The number of hydrogen-bond donors (Lipinski definition) is 0. The minimum Gasteiger partial charge on any atom is -0.465 e. The average molecular weight is 331 g/mol. The number of benzene rings is 1. The van der Waals surface area contributed by atoms with Gasteiger partial charge in [-0.05, 0) is 31.4 Å². The van der Waals surface area contributed by atoms with Gasteiger partial charge in [-0.2, -0.15) is 0 Å². The summed E-state index contributed by atoms with van der Waals surface area (Å²) in [6.45, 7) is 4.12. The first-order valence-electron chi connectivity index (χ1n) is 8.24. The van der Waals surface area contributed by atoms with E-state index in [1.807, 2.05) is 24.3 Å². The molecule has 1 amide bonds. The van der Waals surface area contributed by atoms with Gasteiger partial charge in [0.2, 0.25) is 0 Å². The Bertz CT molecular complexity index is 686. The number of hydrogen-bond acceptors (Lipinski definition) is 5. The average Bonchev–Trinajstić information content (AvgIpc) is 2.56. The summed E-state index contributed by atoms with van der Waals surface area (Å²) in [6, 6.07) is 7.59. The Morgan fingerprint density at radius 1 is 1.21 bits per heavy atom. The van der Waals surface area contributed by atoms with Gasteiger partial charge >= 0.3 is 12.1 Å². The summed E-state index contributed by atoms with van der Waals surface area (Å²) >= 11 is 0. The van der Waals surface area contributed by atoms with E-state index in [1.54, 1.807) is 13.8 Å². The number of nitrogens with zero attached hydrogens (tertiary/aromatic N) is 1. The number of esters is 1. The fraction of sp³-hybridized carbons (Fsp3) is 0.500. The number of Topliss-reactive ketones (excluding diaryl/α,β-unsaturated/α-hetero) is 1. The summed E-state index contributed by atoms with van der Waals surface area (Å²) < 4.78 is 10.3. The highest BCUT2D eigenvalue weighted by Crippen LogP contribution is 2.44. The molecule has 24 heavy (non-hydrogen) atoms. The Labute approximate surface area is 140 Å². The Morgan fingerprint density at radius 3 is 2.62 bits per heavy atom. The first-order chi connectivity index (χ1) is 11.5. The molecule has 1 heterocycles. The van der Waals surface area contributed by atoms with Crippen molar-refractivity contribution in [2.75, 3.05) is 26.3 Å². The van der Waals surface area contributed by atoms with Crippen LogP contribution < -0.4 is 0 Å². The lowest BCUT2D eigenvalue weighted by molar-refractivity contribution is -0.165. The number of rotatable bonds is 3. The maximum atomic E-state index is 13.1. The number of ketones is 1. The summed E-state index contributed by atoms with van der Waals surface area (Å²) in [7, 11) is 0. The van der Waals surface area contributed by atoms with E-state index in [2.05, 4.69) is 0 Å². The first kappa shape index (κ1) is 16.5. The highest BCUT2D eigenvalue weighted by atomic mass is 16.6. The largest absolute Gasteiger partial charge is 0.465 e. The Hall–Kier alpha value is -2.37. The van der Waals surface area contributed by atoms with Crippen molar-refractivity contribution in [3.63, 3.8) is 0 Å². The number of ether oxygens (including phenoxy) is 2. The zero-order chi connectivity index (χ0) is 17.3. The molecule has 0 radical (unpaired) electrons. The normalized spacial score (nSPS) is 25.0. The van der Waals surface area contributed by atoms with Crippen LogP contribution >= 0.6 is 0 Å². The highest BCUT2D eigenvalue weighted by molar-refractivity contribution is 6.10. The predicted octanol–water partition coefficient (Wildman–Crippen LogP) is 1.92. The van der Waals surface area contributed by atoms with E-state index < -0.39 is 23.4 Å². The molecule has 2 atom stereocenters. The van der Waals surface area contributed by atoms with Crippen LogP contribution in [0.2, 0.25) is 0 Å². The molecule has 1 aliphatic carbocycles. The van der Waals surface area contributed by atoms with Crippen molar-refractivity contribution in [2.24, 2.45) is 5.41 Å². The zero-order valence-electron chi connectivity index (χ0n) is 13.9. The fourth-order valence-corrected chi connectivity index (χ4v) is 3.71. The van der Waals surface area contributed by atoms with Crippen molar-refractivity contribution >= 4 is 17.8 Å². The molecular weight excluding hydrogens is 310 g/mol. The molecule has 2 bridgehead atoms. The van der Waals surface area contributed by atoms with Crippen LogP contribution in [0.1, 0.15) is 30.9 Å². The molecule has 2 unspecified atom stereocenters. The molecule has 128 valence electrons. The van der Waals surface area contributed by atoms with E-state index in [9.17, 15) is 14.4 Å². The summed E-state index contributed by atoms with van der Waals surface area (Å²) in [5, 5.41) is 0. The molecular formula is C18H21NO5. The number of carbonyl (C=O) groups is 3. The number of carbonyl (C=O) groups excluding carboxylic acids is 3. The lowest BCUT2D eigenvalue weighted by Crippen LogP contribution is -2.61. The van der Waals surface area contributed by atoms with Gasteiger partial charge in [-0.1, -0.05) is 24.3 Å². The molecule has 1 fully saturated rings. The maximum absolute atomic E-state index is 13.1. The molecule has 0 aromatic heterocycles. The van der Waals surface area contributed by atoms with E-state index >= 15 is 0 Å². The van der Waals surface area contributed by atoms with E-state index in [0.29, 0.717) is 0 Å². The van der Waals surface area contributed by atoms with Crippen LogP contribution in [-0.4, -0.2) is 49.0 Å². The summed E-state index contributed by atoms with van der Waals surface area (Å²) in [6.07, 6.45) is -0.240. The fourth-order valence-electron chi connectivity index (χ4n) is 3.71. The van der Waals surface area contributed by atoms with Crippen molar-refractivity contribution in [1.29, 1.82) is 0 Å². The standard InChI is InChI=1S/C18H21NO5/c1-3-23-16(21)18-9-12-7-5-6-8-13(12)14(15(18)20)10-19(11-18)17(22)24-4-2/h5-8,14H,3-4,9-11H2,1-2H3. The van der Waals surface area contributed by atoms with Crippen molar-refractivity contribution < 1.29 is 23.9 Å². The van der Waals surface area contributed by atoms with E-state index in [1.165, 1.54) is 4.90 Å². The summed E-state index contributed by atoms with van der Waals surface area (Å²) in [5.74, 6) is -1.22. The third-order valence-electron chi connectivity index (χ3n) is 4.77. The third-order valence-corrected chi connectivity index (χ3v) is 4.77. The van der Waals surface area contributed by atoms with Gasteiger partial charge in [0.25, 0.3) is 0 Å². The van der Waals surface area contributed by atoms with Crippen LogP contribution in [0, 0.1) is 5.41 Å². The molecule has 3 rings (SSSR count). The Kier molecular flexibility index (Phi) is 4.30. The van der Waals surface area contributed by atoms with Gasteiger partial charge in [-0.25, -0.2) is 4.79 Å². The van der Waals surface area contributed by atoms with Crippen LogP contribution in [0.5, 0.6) is 0 Å². The third kappa shape index (κ3) is 2.46. The smallest absolute Gasteiger partial charge is 0.409 e. The van der Waals surface area contributed by atoms with Gasteiger partial charge < -0.3 is 14.4 Å². The molecule has 1 aromatic rings. The van der Waals surface area contributed by atoms with E-state index in [-0.39, 0.29) is 38.5 Å². The lowest BCUT2D eigenvalue weighted by atomic mass is 9.63. The van der Waals surface area contributed by atoms with Gasteiger partial charge in [-0.15, -0.1) is 0 Å². The second-order valence-electron chi connectivity index (χ2n) is 6.17. The van der Waals surface area contributed by atoms with Gasteiger partial charge in [0.05, 0.1) is 19.1 Å². The predicted molar refractivity (Wildman–Crippen MR) is 85.6 cm³/mol. The highest BCUT2D eigenvalue weighted by Gasteiger charge is 2.58. The van der Waals surface area contributed by atoms with Crippen molar-refractivity contribution in [3.8, 4) is 0 Å². The number of likely N-dealkylation sites (tertiary alicyclic amines) is 1. The summed E-state index contributed by atoms with van der Waals surface area (Å²) in [4.78, 5) is 39.4. The minimum atomic E-state index is -1.33. The van der Waals surface area contributed by atoms with Crippen LogP contribution in [0.15, 0.2) is 24.3 Å². The van der Waals surface area contributed by atoms with Crippen molar-refractivity contribution in [2.45, 2.75) is 26.2 Å². The Balaban J connectivity index is 2.05. The zero-order valence-corrected chi connectivity index (χ0v) is 13.9. The van der Waals surface area contributed by atoms with Crippen molar-refractivity contribution in [3.05, 3.63) is 35.4 Å². The topological polar surface area (TPSA) is 72.9 Å². The van der Waals surface area contributed by atoms with Crippen LogP contribution in [-0.2, 0) is 25.5 Å². The quantitative estimate of drug-likeness (QED) is 0.625. The number of fused-ring (bicyclic) bond motifs is 4. The monoisotopic (exact) mass is 331 g/mol. The molecule has 6 nitrogen and oxygen atoms in total. The molecule has 1 saturated heterocycles. The SMILES string of the molecule is CCOC(=O)N1CC2C(=O)C(C(=O)OCC)(Cc3ccccc32)C1. The second kappa shape index (κ2) is 6.26. The molecule has 0 N–H and O–H groups in total. The first-order valence-corrected chi connectivity index (χ1v) is 8.24. The summed E-state index contributed by atoms with van der Waals surface area (Å²) in [5.41, 5.74) is 0.523. The second-order valence-corrected chi connectivity index (χ2v) is 6.17. The Morgan fingerprint density at radius 2 is 1.92 bits per heavy atom. The molecule has 0 spiro atoms. The minimum absolute atomic E-state index is 0.00827. The molecule has 2 aliphatic rings. The van der Waals surface area contributed by atoms with Gasteiger partial charge in [-0.3, -0.25) is 9.59 Å². The molecule has 0 saturated carbocycles. The number of piperidine rings is 1. The van der Waals surface area contributed by atoms with Crippen LogP contribution in [0.4, 0.5) is 4.79 Å². The van der Waals surface area contributed by atoms with E-state index in [4.69, 9.17) is 9.47 Å². The van der Waals surface area contributed by atoms with Gasteiger partial charge in [0.15, 0.2) is 5.78 Å². The molecule has 6 heteroatoms.